The predicted octanol–water partition coefficient (Wildman–Crippen LogP) is 3.23. The number of nitrogens with zero attached hydrogens (tertiary/aromatic N) is 2. The fourth-order valence-electron chi connectivity index (χ4n) is 3.69. The van der Waals surface area contributed by atoms with Crippen molar-refractivity contribution in [1.82, 2.24) is 4.90 Å². The van der Waals surface area contributed by atoms with Gasteiger partial charge in [0.25, 0.3) is 0 Å². The third-order valence-corrected chi connectivity index (χ3v) is 4.91. The molecule has 0 bridgehead atoms. The highest BCUT2D eigenvalue weighted by molar-refractivity contribution is 6.01. The van der Waals surface area contributed by atoms with Crippen molar-refractivity contribution in [3.8, 4) is 5.75 Å². The molecule has 5 heteroatoms. The van der Waals surface area contributed by atoms with Crippen LogP contribution in [0.3, 0.4) is 0 Å². The summed E-state index contributed by atoms with van der Waals surface area (Å²) in [5.74, 6) is 0.611. The average Bonchev–Trinajstić information content (AvgIpc) is 2.80. The van der Waals surface area contributed by atoms with Crippen molar-refractivity contribution in [3.05, 3.63) is 24.3 Å². The SMILES string of the molecule is CC(C)Oc1ccccc1N1CC(C(=O)N2CCCCCC2)CC1=O. The standard InChI is InChI=1S/C20H28N2O3/c1-15(2)25-18-10-6-5-9-17(18)22-14-16(13-19(22)23)20(24)21-11-7-3-4-8-12-21/h5-6,9-10,15-16H,3-4,7-8,11-14H2,1-2H3. The van der Waals surface area contributed by atoms with Crippen LogP contribution in [0.5, 0.6) is 5.75 Å². The molecule has 3 rings (SSSR count). The third-order valence-electron chi connectivity index (χ3n) is 4.91. The van der Waals surface area contributed by atoms with Gasteiger partial charge in [-0.2, -0.15) is 0 Å². The Morgan fingerprint density at radius 2 is 1.80 bits per heavy atom. The molecule has 2 fully saturated rings. The lowest BCUT2D eigenvalue weighted by atomic mass is 10.1. The second kappa shape index (κ2) is 7.89. The van der Waals surface area contributed by atoms with Gasteiger partial charge in [0.2, 0.25) is 11.8 Å². The number of carbonyl (C=O) groups excluding carboxylic acids is 2. The van der Waals surface area contributed by atoms with E-state index >= 15 is 0 Å². The molecule has 0 aliphatic carbocycles. The minimum atomic E-state index is -0.238. The Morgan fingerprint density at radius 3 is 2.48 bits per heavy atom. The van der Waals surface area contributed by atoms with Crippen molar-refractivity contribution < 1.29 is 14.3 Å². The Labute approximate surface area is 149 Å². The van der Waals surface area contributed by atoms with Crippen LogP contribution in [0.25, 0.3) is 0 Å². The van der Waals surface area contributed by atoms with Crippen LogP contribution in [-0.2, 0) is 9.59 Å². The minimum absolute atomic E-state index is 0.00739. The molecule has 2 heterocycles. The van der Waals surface area contributed by atoms with Crippen LogP contribution in [0.15, 0.2) is 24.3 Å². The van der Waals surface area contributed by atoms with Gasteiger partial charge in [-0.05, 0) is 38.8 Å². The number of benzene rings is 1. The lowest BCUT2D eigenvalue weighted by Crippen LogP contribution is -2.38. The molecule has 1 aromatic carbocycles. The summed E-state index contributed by atoms with van der Waals surface area (Å²) >= 11 is 0. The molecule has 0 aromatic heterocycles. The topological polar surface area (TPSA) is 49.9 Å². The molecule has 1 aromatic rings. The summed E-state index contributed by atoms with van der Waals surface area (Å²) in [5.41, 5.74) is 0.771. The van der Waals surface area contributed by atoms with E-state index in [2.05, 4.69) is 0 Å². The molecule has 5 nitrogen and oxygen atoms in total. The van der Waals surface area contributed by atoms with Crippen molar-refractivity contribution in [1.29, 1.82) is 0 Å². The van der Waals surface area contributed by atoms with Gasteiger partial charge in [-0.15, -0.1) is 0 Å². The van der Waals surface area contributed by atoms with Crippen LogP contribution in [0.2, 0.25) is 0 Å². The molecule has 0 radical (unpaired) electrons. The summed E-state index contributed by atoms with van der Waals surface area (Å²) in [7, 11) is 0. The molecule has 2 amide bonds. The molecule has 0 saturated carbocycles. The van der Waals surface area contributed by atoms with E-state index in [-0.39, 0.29) is 23.8 Å². The molecule has 0 spiro atoms. The van der Waals surface area contributed by atoms with E-state index in [9.17, 15) is 9.59 Å². The van der Waals surface area contributed by atoms with Crippen LogP contribution < -0.4 is 9.64 Å². The Balaban J connectivity index is 1.73. The number of carbonyl (C=O) groups is 2. The van der Waals surface area contributed by atoms with Crippen molar-refractivity contribution in [3.63, 3.8) is 0 Å². The third kappa shape index (κ3) is 4.14. The van der Waals surface area contributed by atoms with Crippen molar-refractivity contribution in [2.45, 2.75) is 52.1 Å². The molecule has 1 unspecified atom stereocenters. The summed E-state index contributed by atoms with van der Waals surface area (Å²) in [6.07, 6.45) is 4.86. The van der Waals surface area contributed by atoms with E-state index in [4.69, 9.17) is 4.74 Å². The summed E-state index contributed by atoms with van der Waals surface area (Å²) in [6, 6.07) is 7.59. The average molecular weight is 344 g/mol. The number of para-hydroxylation sites is 2. The van der Waals surface area contributed by atoms with Gasteiger partial charge < -0.3 is 14.5 Å². The van der Waals surface area contributed by atoms with E-state index < -0.39 is 0 Å². The van der Waals surface area contributed by atoms with Crippen LogP contribution in [0, 0.1) is 5.92 Å². The zero-order valence-electron chi connectivity index (χ0n) is 15.2. The fourth-order valence-corrected chi connectivity index (χ4v) is 3.69. The zero-order chi connectivity index (χ0) is 17.8. The first-order chi connectivity index (χ1) is 12.1. The zero-order valence-corrected chi connectivity index (χ0v) is 15.2. The molecule has 25 heavy (non-hydrogen) atoms. The van der Waals surface area contributed by atoms with Crippen molar-refractivity contribution >= 4 is 17.5 Å². The maximum Gasteiger partial charge on any atom is 0.228 e. The highest BCUT2D eigenvalue weighted by Gasteiger charge is 2.38. The van der Waals surface area contributed by atoms with Gasteiger partial charge in [-0.1, -0.05) is 25.0 Å². The number of anilines is 1. The smallest absolute Gasteiger partial charge is 0.228 e. The van der Waals surface area contributed by atoms with Gasteiger partial charge >= 0.3 is 0 Å². The highest BCUT2D eigenvalue weighted by Crippen LogP contribution is 2.34. The van der Waals surface area contributed by atoms with Crippen LogP contribution in [0.1, 0.15) is 46.0 Å². The first-order valence-corrected chi connectivity index (χ1v) is 9.41. The van der Waals surface area contributed by atoms with Gasteiger partial charge in [-0.3, -0.25) is 9.59 Å². The number of rotatable bonds is 4. The highest BCUT2D eigenvalue weighted by atomic mass is 16.5. The van der Waals surface area contributed by atoms with Crippen molar-refractivity contribution in [2.24, 2.45) is 5.92 Å². The Kier molecular flexibility index (Phi) is 5.61. The number of hydrogen-bond acceptors (Lipinski definition) is 3. The molecule has 0 N–H and O–H groups in total. The van der Waals surface area contributed by atoms with Crippen LogP contribution in [-0.4, -0.2) is 42.5 Å². The van der Waals surface area contributed by atoms with Gasteiger partial charge in [0, 0.05) is 26.1 Å². The maximum atomic E-state index is 12.9. The molecule has 2 aliphatic heterocycles. The quantitative estimate of drug-likeness (QED) is 0.842. The second-order valence-corrected chi connectivity index (χ2v) is 7.28. The lowest BCUT2D eigenvalue weighted by Gasteiger charge is -2.24. The molecule has 2 aliphatic rings. The summed E-state index contributed by atoms with van der Waals surface area (Å²) in [4.78, 5) is 29.1. The monoisotopic (exact) mass is 344 g/mol. The van der Waals surface area contributed by atoms with Crippen LogP contribution in [0.4, 0.5) is 5.69 Å². The maximum absolute atomic E-state index is 12.9. The normalized spacial score (nSPS) is 21.6. The first kappa shape index (κ1) is 17.8. The largest absolute Gasteiger partial charge is 0.489 e. The molecular weight excluding hydrogens is 316 g/mol. The van der Waals surface area contributed by atoms with Gasteiger partial charge in [0.15, 0.2) is 0 Å². The Bertz CT molecular complexity index is 621. The van der Waals surface area contributed by atoms with E-state index in [1.165, 1.54) is 12.8 Å². The fraction of sp³-hybridized carbons (Fsp3) is 0.600. The van der Waals surface area contributed by atoms with E-state index in [0.29, 0.717) is 18.7 Å². The predicted molar refractivity (Wildman–Crippen MR) is 97.7 cm³/mol. The first-order valence-electron chi connectivity index (χ1n) is 9.41. The Hall–Kier alpha value is -2.04. The number of likely N-dealkylation sites (tertiary alicyclic amines) is 1. The summed E-state index contributed by atoms with van der Waals surface area (Å²) in [6.45, 7) is 6.04. The van der Waals surface area contributed by atoms with Gasteiger partial charge in [0.1, 0.15) is 5.75 Å². The molecular formula is C20H28N2O3. The Morgan fingerprint density at radius 1 is 1.12 bits per heavy atom. The minimum Gasteiger partial charge on any atom is -0.489 e. The number of ether oxygens (including phenoxy) is 1. The lowest BCUT2D eigenvalue weighted by molar-refractivity contribution is -0.135. The number of amides is 2. The van der Waals surface area contributed by atoms with Gasteiger partial charge in [-0.25, -0.2) is 0 Å². The van der Waals surface area contributed by atoms with E-state index in [1.54, 1.807) is 4.90 Å². The molecule has 136 valence electrons. The molecule has 2 saturated heterocycles. The molecule has 1 atom stereocenters. The van der Waals surface area contributed by atoms with Crippen LogP contribution >= 0.6 is 0 Å². The summed E-state index contributed by atoms with van der Waals surface area (Å²) < 4.78 is 5.85. The summed E-state index contributed by atoms with van der Waals surface area (Å²) in [5, 5.41) is 0. The number of hydrogen-bond donors (Lipinski definition) is 0. The van der Waals surface area contributed by atoms with Gasteiger partial charge in [0.05, 0.1) is 17.7 Å². The van der Waals surface area contributed by atoms with E-state index in [0.717, 1.165) is 31.6 Å². The van der Waals surface area contributed by atoms with Crippen molar-refractivity contribution in [2.75, 3.05) is 24.5 Å². The van der Waals surface area contributed by atoms with E-state index in [1.807, 2.05) is 43.0 Å². The second-order valence-electron chi connectivity index (χ2n) is 7.28.